The first-order valence-corrected chi connectivity index (χ1v) is 9.06. The Balaban J connectivity index is 1.43. The van der Waals surface area contributed by atoms with E-state index in [-0.39, 0.29) is 0 Å². The minimum atomic E-state index is 0.785. The molecule has 1 N–H and O–H groups in total. The van der Waals surface area contributed by atoms with Gasteiger partial charge in [0.15, 0.2) is 5.82 Å². The summed E-state index contributed by atoms with van der Waals surface area (Å²) in [5.74, 6) is 1.67. The molecule has 0 saturated carbocycles. The predicted octanol–water partition coefficient (Wildman–Crippen LogP) is 3.10. The first-order valence-electron chi connectivity index (χ1n) is 8.24. The van der Waals surface area contributed by atoms with Crippen LogP contribution in [-0.4, -0.2) is 54.3 Å². The van der Waals surface area contributed by atoms with Gasteiger partial charge >= 0.3 is 0 Å². The van der Waals surface area contributed by atoms with Crippen LogP contribution in [-0.2, 0) is 4.74 Å². The van der Waals surface area contributed by atoms with Crippen molar-refractivity contribution < 1.29 is 4.74 Å². The number of thiophene rings is 1. The van der Waals surface area contributed by atoms with Crippen LogP contribution in [0.5, 0.6) is 0 Å². The lowest BCUT2D eigenvalue weighted by atomic mass is 10.2. The third-order valence-corrected chi connectivity index (χ3v) is 5.25. The molecule has 1 aromatic carbocycles. The molecule has 3 aromatic rings. The Labute approximate surface area is 145 Å². The number of benzene rings is 1. The minimum Gasteiger partial charge on any atom is -0.379 e. The molecule has 1 aliphatic heterocycles. The summed E-state index contributed by atoms with van der Waals surface area (Å²) in [5, 5.41) is 4.65. The lowest BCUT2D eigenvalue weighted by Crippen LogP contribution is -2.39. The Morgan fingerprint density at radius 3 is 2.92 bits per heavy atom. The molecule has 0 bridgehead atoms. The zero-order valence-corrected chi connectivity index (χ0v) is 14.3. The summed E-state index contributed by atoms with van der Waals surface area (Å²) >= 11 is 1.73. The molecular formula is C18H20N4OS. The van der Waals surface area contributed by atoms with Crippen molar-refractivity contribution in [1.29, 1.82) is 0 Å². The largest absolute Gasteiger partial charge is 0.379 e. The maximum Gasteiger partial charge on any atom is 0.171 e. The van der Waals surface area contributed by atoms with Gasteiger partial charge in [-0.1, -0.05) is 18.2 Å². The molecule has 4 rings (SSSR count). The van der Waals surface area contributed by atoms with Crippen molar-refractivity contribution in [1.82, 2.24) is 14.9 Å². The number of hydrogen-bond donors (Lipinski definition) is 1. The first kappa shape index (κ1) is 15.5. The van der Waals surface area contributed by atoms with Crippen molar-refractivity contribution >= 4 is 27.2 Å². The third kappa shape index (κ3) is 3.56. The quantitative estimate of drug-likeness (QED) is 0.773. The van der Waals surface area contributed by atoms with E-state index >= 15 is 0 Å². The van der Waals surface area contributed by atoms with E-state index in [1.807, 2.05) is 12.3 Å². The van der Waals surface area contributed by atoms with Crippen LogP contribution in [0.25, 0.3) is 20.8 Å². The zero-order valence-electron chi connectivity index (χ0n) is 13.4. The monoisotopic (exact) mass is 340 g/mol. The molecule has 0 spiro atoms. The Kier molecular flexibility index (Phi) is 4.69. The number of ether oxygens (including phenoxy) is 1. The summed E-state index contributed by atoms with van der Waals surface area (Å²) in [6, 6.07) is 12.5. The maximum absolute atomic E-state index is 5.37. The fraction of sp³-hybridized carbons (Fsp3) is 0.333. The standard InChI is InChI=1S/C18H20N4OS/c1-2-4-15-14(3-1)13-16(24-15)18-20-6-5-17(21-18)19-7-8-22-9-11-23-12-10-22/h1-6,13H,7-12H2,(H,19,20,21). The molecular weight excluding hydrogens is 320 g/mol. The van der Waals surface area contributed by atoms with Crippen molar-refractivity contribution in [3.8, 4) is 10.7 Å². The average Bonchev–Trinajstić information content (AvgIpc) is 3.07. The van der Waals surface area contributed by atoms with Crippen LogP contribution >= 0.6 is 11.3 Å². The molecule has 1 saturated heterocycles. The number of aromatic nitrogens is 2. The van der Waals surface area contributed by atoms with Crippen LogP contribution < -0.4 is 5.32 Å². The lowest BCUT2D eigenvalue weighted by Gasteiger charge is -2.26. The molecule has 0 aliphatic carbocycles. The van der Waals surface area contributed by atoms with E-state index < -0.39 is 0 Å². The zero-order chi connectivity index (χ0) is 16.2. The summed E-state index contributed by atoms with van der Waals surface area (Å²) in [4.78, 5) is 12.6. The Morgan fingerprint density at radius 2 is 2.04 bits per heavy atom. The van der Waals surface area contributed by atoms with Crippen LogP contribution in [0.2, 0.25) is 0 Å². The van der Waals surface area contributed by atoms with E-state index in [0.717, 1.165) is 55.9 Å². The second kappa shape index (κ2) is 7.25. The topological polar surface area (TPSA) is 50.3 Å². The Hall–Kier alpha value is -2.02. The van der Waals surface area contributed by atoms with Crippen molar-refractivity contribution in [2.45, 2.75) is 0 Å². The van der Waals surface area contributed by atoms with E-state index in [1.165, 1.54) is 10.1 Å². The van der Waals surface area contributed by atoms with Gasteiger partial charge in [0.05, 0.1) is 18.1 Å². The van der Waals surface area contributed by atoms with E-state index in [0.29, 0.717) is 0 Å². The predicted molar refractivity (Wildman–Crippen MR) is 98.6 cm³/mol. The van der Waals surface area contributed by atoms with Gasteiger partial charge in [-0.3, -0.25) is 4.90 Å². The van der Waals surface area contributed by atoms with Gasteiger partial charge in [0.2, 0.25) is 0 Å². The molecule has 5 nitrogen and oxygen atoms in total. The number of hydrogen-bond acceptors (Lipinski definition) is 6. The highest BCUT2D eigenvalue weighted by Crippen LogP contribution is 2.31. The van der Waals surface area contributed by atoms with Crippen LogP contribution in [0.1, 0.15) is 0 Å². The number of fused-ring (bicyclic) bond motifs is 1. The number of morpholine rings is 1. The van der Waals surface area contributed by atoms with E-state index in [2.05, 4.69) is 50.5 Å². The fourth-order valence-electron chi connectivity index (χ4n) is 2.83. The van der Waals surface area contributed by atoms with Crippen molar-refractivity contribution in [2.75, 3.05) is 44.7 Å². The van der Waals surface area contributed by atoms with Gasteiger partial charge in [-0.2, -0.15) is 0 Å². The SMILES string of the molecule is c1ccc2sc(-c3nccc(NCCN4CCOCC4)n3)cc2c1. The van der Waals surface area contributed by atoms with E-state index in [4.69, 9.17) is 4.74 Å². The molecule has 1 fully saturated rings. The Morgan fingerprint density at radius 1 is 1.17 bits per heavy atom. The number of rotatable bonds is 5. The van der Waals surface area contributed by atoms with Gasteiger partial charge in [0, 0.05) is 37.1 Å². The van der Waals surface area contributed by atoms with E-state index in [9.17, 15) is 0 Å². The molecule has 2 aromatic heterocycles. The lowest BCUT2D eigenvalue weighted by molar-refractivity contribution is 0.0398. The molecule has 24 heavy (non-hydrogen) atoms. The molecule has 0 atom stereocenters. The summed E-state index contributed by atoms with van der Waals surface area (Å²) < 4.78 is 6.64. The average molecular weight is 340 g/mol. The fourth-order valence-corrected chi connectivity index (χ4v) is 3.84. The highest BCUT2D eigenvalue weighted by Gasteiger charge is 2.10. The first-order chi connectivity index (χ1) is 11.9. The maximum atomic E-state index is 5.37. The summed E-state index contributed by atoms with van der Waals surface area (Å²) in [6.45, 7) is 5.58. The molecule has 0 radical (unpaired) electrons. The number of nitrogens with one attached hydrogen (secondary N) is 1. The van der Waals surface area contributed by atoms with Gasteiger partial charge < -0.3 is 10.1 Å². The highest BCUT2D eigenvalue weighted by molar-refractivity contribution is 7.22. The number of nitrogens with zero attached hydrogens (tertiary/aromatic N) is 3. The summed E-state index contributed by atoms with van der Waals surface area (Å²) in [7, 11) is 0. The molecule has 0 amide bonds. The van der Waals surface area contributed by atoms with Gasteiger partial charge in [0.1, 0.15) is 5.82 Å². The molecule has 0 unspecified atom stereocenters. The summed E-state index contributed by atoms with van der Waals surface area (Å²) in [5.41, 5.74) is 0. The smallest absolute Gasteiger partial charge is 0.171 e. The highest BCUT2D eigenvalue weighted by atomic mass is 32.1. The van der Waals surface area contributed by atoms with Crippen molar-refractivity contribution in [3.63, 3.8) is 0 Å². The van der Waals surface area contributed by atoms with Gasteiger partial charge in [-0.15, -0.1) is 11.3 Å². The second-order valence-electron chi connectivity index (χ2n) is 5.79. The van der Waals surface area contributed by atoms with Crippen molar-refractivity contribution in [3.05, 3.63) is 42.6 Å². The van der Waals surface area contributed by atoms with E-state index in [1.54, 1.807) is 11.3 Å². The van der Waals surface area contributed by atoms with Crippen LogP contribution in [0.3, 0.4) is 0 Å². The van der Waals surface area contributed by atoms with Crippen LogP contribution in [0.15, 0.2) is 42.6 Å². The Bertz CT molecular complexity index is 780. The molecule has 124 valence electrons. The van der Waals surface area contributed by atoms with Crippen LogP contribution in [0, 0.1) is 0 Å². The van der Waals surface area contributed by atoms with Crippen LogP contribution in [0.4, 0.5) is 5.82 Å². The summed E-state index contributed by atoms with van der Waals surface area (Å²) in [6.07, 6.45) is 1.82. The molecule has 6 heteroatoms. The molecule has 3 heterocycles. The van der Waals surface area contributed by atoms with Gasteiger partial charge in [-0.05, 0) is 23.6 Å². The molecule has 1 aliphatic rings. The minimum absolute atomic E-state index is 0.785. The van der Waals surface area contributed by atoms with Gasteiger partial charge in [-0.25, -0.2) is 9.97 Å². The third-order valence-electron chi connectivity index (χ3n) is 4.14. The second-order valence-corrected chi connectivity index (χ2v) is 6.88. The van der Waals surface area contributed by atoms with Gasteiger partial charge in [0.25, 0.3) is 0 Å². The number of anilines is 1. The van der Waals surface area contributed by atoms with Crippen molar-refractivity contribution in [2.24, 2.45) is 0 Å². The normalized spacial score (nSPS) is 15.7.